The Balaban J connectivity index is 2.71. The first-order valence-electron chi connectivity index (χ1n) is 5.17. The lowest BCUT2D eigenvalue weighted by Crippen LogP contribution is -2.04. The van der Waals surface area contributed by atoms with Crippen LogP contribution in [0.1, 0.15) is 16.8 Å². The molecule has 0 unspecified atom stereocenters. The van der Waals surface area contributed by atoms with Gasteiger partial charge in [-0.15, -0.1) is 0 Å². The van der Waals surface area contributed by atoms with Gasteiger partial charge in [-0.1, -0.05) is 11.6 Å². The van der Waals surface area contributed by atoms with E-state index in [9.17, 15) is 4.39 Å². The van der Waals surface area contributed by atoms with Crippen LogP contribution >= 0.6 is 11.6 Å². The van der Waals surface area contributed by atoms with Crippen molar-refractivity contribution in [1.82, 2.24) is 9.78 Å². The summed E-state index contributed by atoms with van der Waals surface area (Å²) in [4.78, 5) is 0. The summed E-state index contributed by atoms with van der Waals surface area (Å²) in [5.74, 6) is -0.199. The lowest BCUT2D eigenvalue weighted by molar-refractivity contribution is 0.617. The Kier molecular flexibility index (Phi) is 2.97. The summed E-state index contributed by atoms with van der Waals surface area (Å²) >= 11 is 5.97. The molecule has 0 bridgehead atoms. The van der Waals surface area contributed by atoms with Gasteiger partial charge in [0.05, 0.1) is 16.4 Å². The lowest BCUT2D eigenvalue weighted by atomic mass is 10.2. The molecule has 4 nitrogen and oxygen atoms in total. The van der Waals surface area contributed by atoms with Gasteiger partial charge in [-0.25, -0.2) is 9.07 Å². The maximum Gasteiger partial charge on any atom is 0.145 e. The Morgan fingerprint density at radius 1 is 1.44 bits per heavy atom. The van der Waals surface area contributed by atoms with Crippen LogP contribution in [-0.4, -0.2) is 9.78 Å². The fourth-order valence-electron chi connectivity index (χ4n) is 1.67. The number of aromatic nitrogens is 2. The molecular weight excluding hydrogens is 255 g/mol. The number of hydrogen-bond acceptors (Lipinski definition) is 3. The standard InChI is InChI=1S/C12H10ClFN4/c1-6-3-11(9(13)4-10(6)14)18-12(16)8(5-15)7(2)17-18/h3-4H,16H2,1-2H3. The third kappa shape index (κ3) is 1.81. The van der Waals surface area contributed by atoms with Gasteiger partial charge in [0, 0.05) is 0 Å². The van der Waals surface area contributed by atoms with Crippen molar-refractivity contribution < 1.29 is 4.39 Å². The molecule has 0 aliphatic rings. The number of nitrogens with zero attached hydrogens (tertiary/aromatic N) is 3. The Hall–Kier alpha value is -2.06. The molecule has 0 fully saturated rings. The molecule has 0 spiro atoms. The average Bonchev–Trinajstić information content (AvgIpc) is 2.59. The predicted molar refractivity (Wildman–Crippen MR) is 67.1 cm³/mol. The van der Waals surface area contributed by atoms with Gasteiger partial charge in [0.15, 0.2) is 0 Å². The molecule has 0 atom stereocenters. The third-order valence-electron chi connectivity index (χ3n) is 2.66. The van der Waals surface area contributed by atoms with Crippen molar-refractivity contribution in [3.8, 4) is 11.8 Å². The van der Waals surface area contributed by atoms with E-state index in [1.807, 2.05) is 6.07 Å². The highest BCUT2D eigenvalue weighted by Gasteiger charge is 2.16. The van der Waals surface area contributed by atoms with E-state index in [4.69, 9.17) is 22.6 Å². The summed E-state index contributed by atoms with van der Waals surface area (Å²) in [7, 11) is 0. The van der Waals surface area contributed by atoms with E-state index >= 15 is 0 Å². The molecule has 1 aromatic carbocycles. The number of rotatable bonds is 1. The summed E-state index contributed by atoms with van der Waals surface area (Å²) in [6.45, 7) is 3.29. The van der Waals surface area contributed by atoms with Gasteiger partial charge in [-0.05, 0) is 31.5 Å². The Morgan fingerprint density at radius 3 is 2.67 bits per heavy atom. The maximum absolute atomic E-state index is 13.3. The molecule has 1 heterocycles. The molecule has 0 aliphatic heterocycles. The van der Waals surface area contributed by atoms with Crippen molar-refractivity contribution in [3.05, 3.63) is 39.8 Å². The fourth-order valence-corrected chi connectivity index (χ4v) is 1.90. The van der Waals surface area contributed by atoms with Gasteiger partial charge >= 0.3 is 0 Å². The van der Waals surface area contributed by atoms with Gasteiger partial charge in [-0.2, -0.15) is 10.4 Å². The highest BCUT2D eigenvalue weighted by Crippen LogP contribution is 2.27. The normalized spacial score (nSPS) is 10.4. The first-order chi connectivity index (χ1) is 8.45. The van der Waals surface area contributed by atoms with Gasteiger partial charge in [0.1, 0.15) is 23.3 Å². The van der Waals surface area contributed by atoms with Crippen LogP contribution in [0.5, 0.6) is 0 Å². The van der Waals surface area contributed by atoms with Crippen molar-refractivity contribution in [1.29, 1.82) is 5.26 Å². The smallest absolute Gasteiger partial charge is 0.145 e. The molecule has 2 rings (SSSR count). The Morgan fingerprint density at radius 2 is 2.11 bits per heavy atom. The molecule has 18 heavy (non-hydrogen) atoms. The summed E-state index contributed by atoms with van der Waals surface area (Å²) < 4.78 is 14.7. The van der Waals surface area contributed by atoms with E-state index in [0.29, 0.717) is 22.5 Å². The first-order valence-corrected chi connectivity index (χ1v) is 5.54. The maximum atomic E-state index is 13.3. The van der Waals surface area contributed by atoms with E-state index < -0.39 is 5.82 Å². The molecule has 92 valence electrons. The third-order valence-corrected chi connectivity index (χ3v) is 2.97. The van der Waals surface area contributed by atoms with Crippen LogP contribution in [-0.2, 0) is 0 Å². The molecular formula is C12H10ClFN4. The number of anilines is 1. The summed E-state index contributed by atoms with van der Waals surface area (Å²) in [5, 5.41) is 13.3. The Labute approximate surface area is 108 Å². The molecule has 2 N–H and O–H groups in total. The number of nitrogen functional groups attached to an aromatic ring is 1. The van der Waals surface area contributed by atoms with Crippen LogP contribution in [0.15, 0.2) is 12.1 Å². The predicted octanol–water partition coefficient (Wildman–Crippen LogP) is 2.74. The number of aryl methyl sites for hydroxylation is 2. The number of halogens is 2. The molecule has 6 heteroatoms. The van der Waals surface area contributed by atoms with Crippen LogP contribution in [0.3, 0.4) is 0 Å². The summed E-state index contributed by atoms with van der Waals surface area (Å²) in [6.07, 6.45) is 0. The number of hydrogen-bond donors (Lipinski definition) is 1. The molecule has 0 radical (unpaired) electrons. The van der Waals surface area contributed by atoms with Crippen molar-refractivity contribution in [2.24, 2.45) is 0 Å². The van der Waals surface area contributed by atoms with E-state index in [2.05, 4.69) is 5.10 Å². The zero-order valence-corrected chi connectivity index (χ0v) is 10.6. The molecule has 0 aliphatic carbocycles. The van der Waals surface area contributed by atoms with Gasteiger partial charge in [0.2, 0.25) is 0 Å². The minimum Gasteiger partial charge on any atom is -0.382 e. The first kappa shape index (κ1) is 12.4. The monoisotopic (exact) mass is 264 g/mol. The van der Waals surface area contributed by atoms with Crippen molar-refractivity contribution >= 4 is 17.4 Å². The van der Waals surface area contributed by atoms with Gasteiger partial charge < -0.3 is 5.73 Å². The summed E-state index contributed by atoms with van der Waals surface area (Å²) in [5.41, 5.74) is 7.52. The fraction of sp³-hybridized carbons (Fsp3) is 0.167. The molecule has 2 aromatic rings. The van der Waals surface area contributed by atoms with E-state index in [-0.39, 0.29) is 10.8 Å². The second-order valence-electron chi connectivity index (χ2n) is 3.92. The zero-order valence-electron chi connectivity index (χ0n) is 9.83. The average molecular weight is 265 g/mol. The van der Waals surface area contributed by atoms with Crippen molar-refractivity contribution in [2.75, 3.05) is 5.73 Å². The van der Waals surface area contributed by atoms with E-state index in [1.165, 1.54) is 10.7 Å². The molecule has 0 saturated heterocycles. The van der Waals surface area contributed by atoms with Crippen LogP contribution in [0.25, 0.3) is 5.69 Å². The Bertz CT molecular complexity index is 670. The zero-order chi connectivity index (χ0) is 13.4. The summed E-state index contributed by atoms with van der Waals surface area (Å²) in [6, 6.07) is 4.72. The highest BCUT2D eigenvalue weighted by atomic mass is 35.5. The van der Waals surface area contributed by atoms with Gasteiger partial charge in [0.25, 0.3) is 0 Å². The number of nitriles is 1. The molecule has 1 aromatic heterocycles. The van der Waals surface area contributed by atoms with Crippen LogP contribution in [0.2, 0.25) is 5.02 Å². The van der Waals surface area contributed by atoms with Crippen LogP contribution in [0.4, 0.5) is 10.2 Å². The van der Waals surface area contributed by atoms with E-state index in [1.54, 1.807) is 19.9 Å². The second-order valence-corrected chi connectivity index (χ2v) is 4.33. The highest BCUT2D eigenvalue weighted by molar-refractivity contribution is 6.32. The second kappa shape index (κ2) is 4.31. The molecule has 0 saturated carbocycles. The SMILES string of the molecule is Cc1cc(-n2nc(C)c(C#N)c2N)c(Cl)cc1F. The van der Waals surface area contributed by atoms with Crippen LogP contribution < -0.4 is 5.73 Å². The van der Waals surface area contributed by atoms with Gasteiger partial charge in [-0.3, -0.25) is 0 Å². The van der Waals surface area contributed by atoms with E-state index in [0.717, 1.165) is 0 Å². The topological polar surface area (TPSA) is 67.6 Å². The van der Waals surface area contributed by atoms with Crippen molar-refractivity contribution in [3.63, 3.8) is 0 Å². The largest absolute Gasteiger partial charge is 0.382 e. The van der Waals surface area contributed by atoms with Crippen LogP contribution in [0, 0.1) is 31.0 Å². The number of benzene rings is 1. The van der Waals surface area contributed by atoms with Crippen molar-refractivity contribution in [2.45, 2.75) is 13.8 Å². The molecule has 0 amide bonds. The quantitative estimate of drug-likeness (QED) is 0.861. The lowest BCUT2D eigenvalue weighted by Gasteiger charge is -2.08. The minimum atomic E-state index is -0.397. The minimum absolute atomic E-state index is 0.191. The number of nitrogens with two attached hydrogens (primary N) is 1.